The highest BCUT2D eigenvalue weighted by molar-refractivity contribution is 7.15. The molecule has 2 aromatic rings. The fourth-order valence-corrected chi connectivity index (χ4v) is 3.53. The van der Waals surface area contributed by atoms with E-state index in [0.29, 0.717) is 5.92 Å². The number of aryl methyl sites for hydroxylation is 1. The third-order valence-electron chi connectivity index (χ3n) is 3.67. The van der Waals surface area contributed by atoms with Crippen LogP contribution in [0.1, 0.15) is 48.7 Å². The van der Waals surface area contributed by atoms with Crippen molar-refractivity contribution in [3.63, 3.8) is 0 Å². The van der Waals surface area contributed by atoms with Gasteiger partial charge in [0.25, 0.3) is 0 Å². The van der Waals surface area contributed by atoms with E-state index in [-0.39, 0.29) is 0 Å². The SMILES string of the molecule is Cc1cccc(-c2nc(C(C)C)c(CNC3CC3)s2)c1. The van der Waals surface area contributed by atoms with Gasteiger partial charge in [-0.15, -0.1) is 11.3 Å². The van der Waals surface area contributed by atoms with Crippen molar-refractivity contribution < 1.29 is 0 Å². The molecule has 3 rings (SSSR count). The zero-order valence-electron chi connectivity index (χ0n) is 12.4. The molecule has 1 fully saturated rings. The number of rotatable bonds is 5. The highest BCUT2D eigenvalue weighted by Gasteiger charge is 2.22. The van der Waals surface area contributed by atoms with Crippen molar-refractivity contribution in [1.82, 2.24) is 10.3 Å². The molecule has 1 aliphatic carbocycles. The topological polar surface area (TPSA) is 24.9 Å². The van der Waals surface area contributed by atoms with Gasteiger partial charge in [0.05, 0.1) is 5.69 Å². The summed E-state index contributed by atoms with van der Waals surface area (Å²) in [4.78, 5) is 6.30. The van der Waals surface area contributed by atoms with Crippen molar-refractivity contribution in [2.75, 3.05) is 0 Å². The van der Waals surface area contributed by atoms with E-state index in [1.807, 2.05) is 11.3 Å². The number of benzene rings is 1. The number of hydrogen-bond donors (Lipinski definition) is 1. The first-order valence-corrected chi connectivity index (χ1v) is 8.25. The van der Waals surface area contributed by atoms with Crippen LogP contribution < -0.4 is 5.32 Å². The molecule has 3 heteroatoms. The Balaban J connectivity index is 1.89. The Morgan fingerprint density at radius 2 is 2.15 bits per heavy atom. The van der Waals surface area contributed by atoms with Crippen molar-refractivity contribution in [2.24, 2.45) is 0 Å². The van der Waals surface area contributed by atoms with E-state index in [2.05, 4.69) is 50.4 Å². The lowest BCUT2D eigenvalue weighted by atomic mass is 10.1. The van der Waals surface area contributed by atoms with Gasteiger partial charge >= 0.3 is 0 Å². The van der Waals surface area contributed by atoms with Crippen molar-refractivity contribution >= 4 is 11.3 Å². The maximum Gasteiger partial charge on any atom is 0.123 e. The summed E-state index contributed by atoms with van der Waals surface area (Å²) in [5, 5.41) is 4.77. The van der Waals surface area contributed by atoms with E-state index >= 15 is 0 Å². The minimum absolute atomic E-state index is 0.487. The third kappa shape index (κ3) is 3.10. The van der Waals surface area contributed by atoms with Crippen molar-refractivity contribution in [2.45, 2.75) is 52.1 Å². The van der Waals surface area contributed by atoms with Gasteiger partial charge in [0.15, 0.2) is 0 Å². The predicted octanol–water partition coefficient (Wildman–Crippen LogP) is 4.49. The van der Waals surface area contributed by atoms with E-state index in [0.717, 1.165) is 17.6 Å². The van der Waals surface area contributed by atoms with Crippen molar-refractivity contribution in [3.8, 4) is 10.6 Å². The lowest BCUT2D eigenvalue weighted by molar-refractivity contribution is 0.681. The van der Waals surface area contributed by atoms with Gasteiger partial charge in [0, 0.05) is 23.0 Å². The summed E-state index contributed by atoms with van der Waals surface area (Å²) in [6, 6.07) is 9.38. The van der Waals surface area contributed by atoms with Crippen molar-refractivity contribution in [1.29, 1.82) is 0 Å². The first kappa shape index (κ1) is 13.8. The molecule has 0 amide bonds. The molecule has 0 atom stereocenters. The molecule has 20 heavy (non-hydrogen) atoms. The molecule has 1 heterocycles. The Hall–Kier alpha value is -1.19. The molecule has 1 aromatic heterocycles. The summed E-state index contributed by atoms with van der Waals surface area (Å²) in [6.07, 6.45) is 2.67. The predicted molar refractivity (Wildman–Crippen MR) is 86.2 cm³/mol. The van der Waals surface area contributed by atoms with Crippen LogP contribution in [-0.4, -0.2) is 11.0 Å². The van der Waals surface area contributed by atoms with Crippen LogP contribution in [0.3, 0.4) is 0 Å². The molecular formula is C17H22N2S. The van der Waals surface area contributed by atoms with Crippen LogP contribution in [-0.2, 0) is 6.54 Å². The molecule has 0 radical (unpaired) electrons. The fourth-order valence-electron chi connectivity index (χ4n) is 2.37. The van der Waals surface area contributed by atoms with Crippen LogP contribution in [0.4, 0.5) is 0 Å². The summed E-state index contributed by atoms with van der Waals surface area (Å²) in [5.74, 6) is 0.487. The summed E-state index contributed by atoms with van der Waals surface area (Å²) in [5.41, 5.74) is 3.80. The number of nitrogens with zero attached hydrogens (tertiary/aromatic N) is 1. The highest BCUT2D eigenvalue weighted by atomic mass is 32.1. The maximum atomic E-state index is 4.90. The first-order chi connectivity index (χ1) is 9.63. The number of hydrogen-bond acceptors (Lipinski definition) is 3. The molecule has 106 valence electrons. The molecule has 0 bridgehead atoms. The van der Waals surface area contributed by atoms with Gasteiger partial charge in [0.2, 0.25) is 0 Å². The molecule has 2 nitrogen and oxygen atoms in total. The number of thiazole rings is 1. The molecule has 0 saturated heterocycles. The van der Waals surface area contributed by atoms with Crippen LogP contribution in [0.25, 0.3) is 10.6 Å². The molecule has 1 N–H and O–H groups in total. The Morgan fingerprint density at radius 1 is 1.35 bits per heavy atom. The second kappa shape index (κ2) is 5.66. The lowest BCUT2D eigenvalue weighted by Crippen LogP contribution is -2.15. The molecule has 1 aliphatic rings. The lowest BCUT2D eigenvalue weighted by Gasteiger charge is -2.05. The van der Waals surface area contributed by atoms with Crippen LogP contribution >= 0.6 is 11.3 Å². The normalized spacial score (nSPS) is 15.0. The monoisotopic (exact) mass is 286 g/mol. The second-order valence-corrected chi connectivity index (χ2v) is 7.09. The molecule has 1 aromatic carbocycles. The van der Waals surface area contributed by atoms with Gasteiger partial charge in [-0.2, -0.15) is 0 Å². The minimum Gasteiger partial charge on any atom is -0.309 e. The number of nitrogens with one attached hydrogen (secondary N) is 1. The van der Waals surface area contributed by atoms with Gasteiger partial charge in [-0.3, -0.25) is 0 Å². The number of aromatic nitrogens is 1. The Kier molecular flexibility index (Phi) is 3.90. The summed E-state index contributed by atoms with van der Waals surface area (Å²) >= 11 is 1.85. The van der Waals surface area contributed by atoms with Crippen LogP contribution in [0.5, 0.6) is 0 Å². The van der Waals surface area contributed by atoms with E-state index in [1.54, 1.807) is 0 Å². The molecule has 0 aliphatic heterocycles. The van der Waals surface area contributed by atoms with Gasteiger partial charge in [-0.05, 0) is 31.7 Å². The van der Waals surface area contributed by atoms with E-state index in [9.17, 15) is 0 Å². The fraction of sp³-hybridized carbons (Fsp3) is 0.471. The Bertz CT molecular complexity index is 597. The van der Waals surface area contributed by atoms with Gasteiger partial charge in [-0.25, -0.2) is 4.98 Å². The summed E-state index contributed by atoms with van der Waals surface area (Å²) in [6.45, 7) is 7.57. The minimum atomic E-state index is 0.487. The quantitative estimate of drug-likeness (QED) is 0.875. The summed E-state index contributed by atoms with van der Waals surface area (Å²) < 4.78 is 0. The van der Waals surface area contributed by atoms with E-state index < -0.39 is 0 Å². The maximum absolute atomic E-state index is 4.90. The smallest absolute Gasteiger partial charge is 0.123 e. The van der Waals surface area contributed by atoms with Gasteiger partial charge in [0.1, 0.15) is 5.01 Å². The second-order valence-electron chi connectivity index (χ2n) is 6.01. The Labute approximate surface area is 125 Å². The van der Waals surface area contributed by atoms with E-state index in [4.69, 9.17) is 4.98 Å². The standard InChI is InChI=1S/C17H22N2S/c1-11(2)16-15(10-18-14-7-8-14)20-17(19-16)13-6-4-5-12(3)9-13/h4-6,9,11,14,18H,7-8,10H2,1-3H3. The zero-order valence-corrected chi connectivity index (χ0v) is 13.3. The molecule has 0 spiro atoms. The van der Waals surface area contributed by atoms with Crippen molar-refractivity contribution in [3.05, 3.63) is 40.4 Å². The average molecular weight is 286 g/mol. The van der Waals surface area contributed by atoms with E-state index in [1.165, 1.54) is 34.5 Å². The van der Waals surface area contributed by atoms with Gasteiger partial charge in [-0.1, -0.05) is 37.6 Å². The Morgan fingerprint density at radius 3 is 2.80 bits per heavy atom. The molecule has 0 unspecified atom stereocenters. The van der Waals surface area contributed by atoms with Crippen LogP contribution in [0.2, 0.25) is 0 Å². The summed E-state index contributed by atoms with van der Waals surface area (Å²) in [7, 11) is 0. The molecular weight excluding hydrogens is 264 g/mol. The van der Waals surface area contributed by atoms with Gasteiger partial charge < -0.3 is 5.32 Å². The first-order valence-electron chi connectivity index (χ1n) is 7.43. The van der Waals surface area contributed by atoms with Crippen LogP contribution in [0, 0.1) is 6.92 Å². The highest BCUT2D eigenvalue weighted by Crippen LogP contribution is 2.32. The molecule has 1 saturated carbocycles. The average Bonchev–Trinajstić information content (AvgIpc) is 3.14. The van der Waals surface area contributed by atoms with Crippen LogP contribution in [0.15, 0.2) is 24.3 Å². The largest absolute Gasteiger partial charge is 0.309 e. The zero-order chi connectivity index (χ0) is 14.1. The third-order valence-corrected chi connectivity index (χ3v) is 4.79.